The monoisotopic (exact) mass is 989 g/mol. The zero-order chi connectivity index (χ0) is 47.9. The summed E-state index contributed by atoms with van der Waals surface area (Å²) in [5.74, 6) is -0.399. The third-order valence-electron chi connectivity index (χ3n) is 11.0. The molecular formula is C41H69ClN9O13PSi. The van der Waals surface area contributed by atoms with E-state index < -0.39 is 63.0 Å². The molecule has 3 aromatic heterocycles. The van der Waals surface area contributed by atoms with Crippen LogP contribution < -0.4 is 4.90 Å². The smallest absolute Gasteiger partial charge is 0.416 e. The van der Waals surface area contributed by atoms with Crippen LogP contribution in [-0.2, 0) is 69.6 Å². The minimum absolute atomic E-state index is 0.0240. The standard InChI is InChI=1S/C41H69ClN9O13PSi/c1-12-59-65(53,60-13-2)41(25-55-19-18-54-8,26-57-24-31-46-47-48-49(31)27-56-20-21-66(9,10)11)58-23-30-32-33(63-40(6,7)62-32)36(61-30)51-35-29(22-43-51)34(44-37(42)45-35)50(28-16-14-15-17-28)38(52)64-39(3,4)5/h22,28,30,32-33,36H,12-21,23-27H2,1-11H3/t30-,32-,33-,36-,41+/m1/s1. The molecule has 0 unspecified atom stereocenters. The molecular weight excluding hydrogens is 921 g/mol. The Balaban J connectivity index is 1.30. The predicted octanol–water partition coefficient (Wildman–Crippen LogP) is 6.74. The van der Waals surface area contributed by atoms with E-state index in [4.69, 9.17) is 68.4 Å². The number of carbonyl (C=O) groups is 1. The van der Waals surface area contributed by atoms with Gasteiger partial charge in [0.05, 0.1) is 57.8 Å². The molecule has 372 valence electrons. The summed E-state index contributed by atoms with van der Waals surface area (Å²) in [6.07, 6.45) is 1.20. The van der Waals surface area contributed by atoms with Gasteiger partial charge in [-0.3, -0.25) is 9.46 Å². The van der Waals surface area contributed by atoms with Gasteiger partial charge in [0.15, 0.2) is 29.3 Å². The Morgan fingerprint density at radius 2 is 1.70 bits per heavy atom. The van der Waals surface area contributed by atoms with Crippen LogP contribution in [0.25, 0.3) is 11.0 Å². The molecule has 0 aromatic carbocycles. The molecule has 2 saturated heterocycles. The van der Waals surface area contributed by atoms with E-state index in [0.717, 1.165) is 31.7 Å². The van der Waals surface area contributed by atoms with Crippen molar-refractivity contribution in [2.24, 2.45) is 0 Å². The van der Waals surface area contributed by atoms with Gasteiger partial charge in [-0.05, 0) is 89.4 Å². The second-order valence-corrected chi connectivity index (χ2v) is 27.4. The highest BCUT2D eigenvalue weighted by molar-refractivity contribution is 7.55. The van der Waals surface area contributed by atoms with E-state index in [2.05, 4.69) is 45.1 Å². The van der Waals surface area contributed by atoms with Gasteiger partial charge >= 0.3 is 13.7 Å². The van der Waals surface area contributed by atoms with Crippen LogP contribution in [0.1, 0.15) is 86.2 Å². The summed E-state index contributed by atoms with van der Waals surface area (Å²) in [7, 11) is -4.00. The van der Waals surface area contributed by atoms with Crippen molar-refractivity contribution in [2.75, 3.05) is 64.9 Å². The Morgan fingerprint density at radius 1 is 1.00 bits per heavy atom. The zero-order valence-electron chi connectivity index (χ0n) is 40.2. The van der Waals surface area contributed by atoms with Crippen LogP contribution in [0.3, 0.4) is 0 Å². The molecule has 66 heavy (non-hydrogen) atoms. The summed E-state index contributed by atoms with van der Waals surface area (Å²) in [5, 5.41) is 15.3. The SMILES string of the molecule is CCOP(=O)(OCC)[C@@](COCCOC)(COCc1nnnn1COCC[Si](C)(C)C)OC[C@H]1O[C@@H](n2ncc3c(N(C(=O)OC(C)(C)C)C4CCCC4)nc(Cl)nc32)[C@@H]2OC(C)(C)O[C@@H]21. The van der Waals surface area contributed by atoms with Crippen LogP contribution in [0.2, 0.25) is 31.0 Å². The number of hydrogen-bond acceptors (Lipinski definition) is 19. The van der Waals surface area contributed by atoms with Gasteiger partial charge < -0.3 is 51.7 Å². The predicted molar refractivity (Wildman–Crippen MR) is 243 cm³/mol. The lowest BCUT2D eigenvalue weighted by Crippen LogP contribution is -2.47. The van der Waals surface area contributed by atoms with E-state index in [-0.39, 0.29) is 76.7 Å². The van der Waals surface area contributed by atoms with E-state index in [9.17, 15) is 4.79 Å². The number of tetrazole rings is 1. The van der Waals surface area contributed by atoms with Crippen molar-refractivity contribution in [3.8, 4) is 0 Å². The van der Waals surface area contributed by atoms with Gasteiger partial charge in [0.2, 0.25) is 10.6 Å². The Kier molecular flexibility index (Phi) is 17.8. The molecule has 25 heteroatoms. The van der Waals surface area contributed by atoms with E-state index >= 15 is 4.57 Å². The largest absolute Gasteiger partial charge is 0.443 e. The average molecular weight is 991 g/mol. The maximum Gasteiger partial charge on any atom is 0.416 e. The molecule has 22 nitrogen and oxygen atoms in total. The maximum absolute atomic E-state index is 15.1. The van der Waals surface area contributed by atoms with Gasteiger partial charge in [-0.15, -0.1) is 5.10 Å². The normalized spacial score (nSPS) is 22.3. The van der Waals surface area contributed by atoms with Gasteiger partial charge in [0, 0.05) is 27.8 Å². The van der Waals surface area contributed by atoms with Crippen LogP contribution in [-0.4, -0.2) is 155 Å². The molecule has 0 radical (unpaired) electrons. The van der Waals surface area contributed by atoms with E-state index in [0.29, 0.717) is 23.5 Å². The average Bonchev–Trinajstić information content (AvgIpc) is 4.07. The molecule has 2 aliphatic heterocycles. The summed E-state index contributed by atoms with van der Waals surface area (Å²) in [5.41, 5.74) is -0.464. The molecule has 5 heterocycles. The van der Waals surface area contributed by atoms with Gasteiger partial charge in [-0.2, -0.15) is 15.1 Å². The highest BCUT2D eigenvalue weighted by Crippen LogP contribution is 2.61. The Labute approximate surface area is 392 Å². The number of aromatic nitrogens is 8. The first-order valence-electron chi connectivity index (χ1n) is 22.7. The number of ether oxygens (including phenoxy) is 9. The van der Waals surface area contributed by atoms with Crippen molar-refractivity contribution < 1.29 is 61.0 Å². The van der Waals surface area contributed by atoms with Gasteiger partial charge in [-0.1, -0.05) is 32.5 Å². The molecule has 6 rings (SSSR count). The van der Waals surface area contributed by atoms with Crippen molar-refractivity contribution in [1.29, 1.82) is 0 Å². The number of anilines is 1. The van der Waals surface area contributed by atoms with E-state index in [1.54, 1.807) is 50.6 Å². The molecule has 0 spiro atoms. The van der Waals surface area contributed by atoms with Crippen molar-refractivity contribution in [3.63, 3.8) is 0 Å². The highest BCUT2D eigenvalue weighted by Gasteiger charge is 2.59. The molecule has 3 fully saturated rings. The molecule has 3 aliphatic rings. The third kappa shape index (κ3) is 12.9. The second kappa shape index (κ2) is 22.3. The van der Waals surface area contributed by atoms with E-state index in [1.807, 2.05) is 20.8 Å². The summed E-state index contributed by atoms with van der Waals surface area (Å²) >= 11 is 6.66. The molecule has 1 aliphatic carbocycles. The van der Waals surface area contributed by atoms with Gasteiger partial charge in [0.25, 0.3) is 0 Å². The molecule has 1 saturated carbocycles. The summed E-state index contributed by atoms with van der Waals surface area (Å²) < 4.78 is 85.9. The number of amides is 1. The lowest BCUT2D eigenvalue weighted by molar-refractivity contribution is -0.209. The van der Waals surface area contributed by atoms with Crippen LogP contribution in [0.15, 0.2) is 6.20 Å². The minimum Gasteiger partial charge on any atom is -0.443 e. The Bertz CT molecular complexity index is 2090. The fourth-order valence-electron chi connectivity index (χ4n) is 7.97. The van der Waals surface area contributed by atoms with Gasteiger partial charge in [-0.25, -0.2) is 14.2 Å². The Hall–Kier alpha value is -2.77. The third-order valence-corrected chi connectivity index (χ3v) is 15.5. The summed E-state index contributed by atoms with van der Waals surface area (Å²) in [6.45, 7) is 19.4. The van der Waals surface area contributed by atoms with Crippen LogP contribution in [0.4, 0.5) is 10.6 Å². The molecule has 1 amide bonds. The molecule has 3 aromatic rings. The maximum atomic E-state index is 15.1. The summed E-state index contributed by atoms with van der Waals surface area (Å²) in [6, 6.07) is 0.812. The second-order valence-electron chi connectivity index (χ2n) is 19.1. The fraction of sp³-hybridized carbons (Fsp3) is 0.829. The van der Waals surface area contributed by atoms with Crippen LogP contribution in [0, 0.1) is 0 Å². The first-order valence-corrected chi connectivity index (χ1v) is 28.3. The van der Waals surface area contributed by atoms with Crippen molar-refractivity contribution in [3.05, 3.63) is 17.3 Å². The highest BCUT2D eigenvalue weighted by atomic mass is 35.5. The number of methoxy groups -OCH3 is 1. The molecule has 5 atom stereocenters. The number of rotatable bonds is 25. The topological polar surface area (TPSA) is 226 Å². The molecule has 0 N–H and O–H groups in total. The first-order chi connectivity index (χ1) is 31.2. The lowest BCUT2D eigenvalue weighted by Gasteiger charge is -2.39. The van der Waals surface area contributed by atoms with E-state index in [1.165, 1.54) is 4.68 Å². The number of nitrogens with zero attached hydrogens (tertiary/aromatic N) is 9. The number of fused-ring (bicyclic) bond motifs is 2. The molecule has 0 bridgehead atoms. The first kappa shape index (κ1) is 52.6. The van der Waals surface area contributed by atoms with Crippen molar-refractivity contribution in [1.82, 2.24) is 40.0 Å². The Morgan fingerprint density at radius 3 is 2.36 bits per heavy atom. The summed E-state index contributed by atoms with van der Waals surface area (Å²) in [4.78, 5) is 24.6. The van der Waals surface area contributed by atoms with Crippen molar-refractivity contribution in [2.45, 2.75) is 160 Å². The quantitative estimate of drug-likeness (QED) is 0.0371. The fourth-order valence-corrected chi connectivity index (χ4v) is 10.8. The van der Waals surface area contributed by atoms with Crippen LogP contribution in [0.5, 0.6) is 0 Å². The minimum atomic E-state index is -4.23. The van der Waals surface area contributed by atoms with Gasteiger partial charge in [0.1, 0.15) is 37.3 Å². The number of halogens is 1. The van der Waals surface area contributed by atoms with Crippen molar-refractivity contribution >= 4 is 50.2 Å². The van der Waals surface area contributed by atoms with Crippen LogP contribution >= 0.6 is 19.2 Å². The zero-order valence-corrected chi connectivity index (χ0v) is 42.9. The lowest BCUT2D eigenvalue weighted by atomic mass is 10.1. The number of carbonyl (C=O) groups excluding carboxylic acids is 1. The number of hydrogen-bond donors (Lipinski definition) is 0.